The van der Waals surface area contributed by atoms with Crippen molar-refractivity contribution in [1.29, 1.82) is 0 Å². The van der Waals surface area contributed by atoms with Crippen LogP contribution in [0.15, 0.2) is 12.2 Å². The van der Waals surface area contributed by atoms with Crippen LogP contribution in [0.5, 0.6) is 0 Å². The predicted octanol–water partition coefficient (Wildman–Crippen LogP) is 5.33. The van der Waals surface area contributed by atoms with Crippen LogP contribution in [-0.4, -0.2) is 11.9 Å². The second-order valence-corrected chi connectivity index (χ2v) is 6.32. The topological polar surface area (TPSA) is 43.4 Å². The molecular weight excluding hydrogens is 276 g/mol. The fourth-order valence-electron chi connectivity index (χ4n) is 2.76. The smallest absolute Gasteiger partial charge is 0.331 e. The molecule has 126 valence electrons. The molecule has 1 aliphatic rings. The lowest BCUT2D eigenvalue weighted by molar-refractivity contribution is -0.180. The fraction of sp³-hybridized carbons (Fsp3) is 0.789. The average Bonchev–Trinajstić information content (AvgIpc) is 2.51. The van der Waals surface area contributed by atoms with E-state index in [9.17, 15) is 9.59 Å². The normalized spacial score (nSPS) is 15.3. The van der Waals surface area contributed by atoms with Crippen LogP contribution < -0.4 is 0 Å². The summed E-state index contributed by atoms with van der Waals surface area (Å²) in [6, 6.07) is 0. The van der Waals surface area contributed by atoms with Crippen LogP contribution in [0.3, 0.4) is 0 Å². The van der Waals surface area contributed by atoms with Crippen molar-refractivity contribution in [3.05, 3.63) is 12.2 Å². The molecule has 0 bridgehead atoms. The minimum Gasteiger partial charge on any atom is -0.391 e. The standard InChI is InChI=1S/C19H32O3/c1-2-3-4-5-6-7-8-9-10-11-12-13-14-15-16-17-18(20)22-19(17)21/h15-17H,2-14H2,1H3/b16-15-. The van der Waals surface area contributed by atoms with E-state index in [1.165, 1.54) is 70.6 Å². The molecule has 1 fully saturated rings. The number of carbonyl (C=O) groups excluding carboxylic acids is 2. The van der Waals surface area contributed by atoms with Crippen LogP contribution in [-0.2, 0) is 14.3 Å². The fourth-order valence-corrected chi connectivity index (χ4v) is 2.76. The van der Waals surface area contributed by atoms with Gasteiger partial charge in [0, 0.05) is 0 Å². The van der Waals surface area contributed by atoms with E-state index in [0.29, 0.717) is 0 Å². The highest BCUT2D eigenvalue weighted by molar-refractivity contribution is 6.11. The van der Waals surface area contributed by atoms with Gasteiger partial charge in [0.2, 0.25) is 0 Å². The Hall–Kier alpha value is -1.12. The zero-order valence-corrected chi connectivity index (χ0v) is 14.1. The summed E-state index contributed by atoms with van der Waals surface area (Å²) in [5.74, 6) is -1.43. The molecule has 1 saturated heterocycles. The van der Waals surface area contributed by atoms with E-state index < -0.39 is 17.9 Å². The molecule has 1 heterocycles. The van der Waals surface area contributed by atoms with Crippen molar-refractivity contribution in [1.82, 2.24) is 0 Å². The SMILES string of the molecule is CCCCCCCCCCCCCC/C=C\C1C(=O)OC1=O. The third-order valence-electron chi connectivity index (χ3n) is 4.26. The third-order valence-corrected chi connectivity index (χ3v) is 4.26. The van der Waals surface area contributed by atoms with E-state index in [0.717, 1.165) is 12.8 Å². The third kappa shape index (κ3) is 8.35. The van der Waals surface area contributed by atoms with Crippen LogP contribution in [0.2, 0.25) is 0 Å². The average molecular weight is 308 g/mol. The van der Waals surface area contributed by atoms with Crippen molar-refractivity contribution in [3.8, 4) is 0 Å². The first kappa shape index (κ1) is 18.9. The summed E-state index contributed by atoms with van der Waals surface area (Å²) in [7, 11) is 0. The quantitative estimate of drug-likeness (QED) is 0.188. The number of ether oxygens (including phenoxy) is 1. The van der Waals surface area contributed by atoms with Gasteiger partial charge >= 0.3 is 11.9 Å². The summed E-state index contributed by atoms with van der Waals surface area (Å²) >= 11 is 0. The molecule has 0 aromatic rings. The van der Waals surface area contributed by atoms with E-state index in [1.54, 1.807) is 6.08 Å². The first-order chi connectivity index (χ1) is 10.8. The molecule has 0 atom stereocenters. The maximum Gasteiger partial charge on any atom is 0.331 e. The first-order valence-electron chi connectivity index (χ1n) is 9.18. The van der Waals surface area contributed by atoms with E-state index in [2.05, 4.69) is 11.7 Å². The predicted molar refractivity (Wildman–Crippen MR) is 89.4 cm³/mol. The van der Waals surface area contributed by atoms with Crippen LogP contribution >= 0.6 is 0 Å². The monoisotopic (exact) mass is 308 g/mol. The van der Waals surface area contributed by atoms with Gasteiger partial charge in [-0.25, -0.2) is 0 Å². The van der Waals surface area contributed by atoms with Crippen LogP contribution in [0.4, 0.5) is 0 Å². The number of hydrogen-bond acceptors (Lipinski definition) is 3. The molecule has 0 amide bonds. The Bertz CT molecular complexity index is 333. The highest BCUT2D eigenvalue weighted by atomic mass is 16.6. The molecule has 0 aromatic carbocycles. The molecule has 1 aliphatic heterocycles. The van der Waals surface area contributed by atoms with Crippen molar-refractivity contribution in [2.45, 2.75) is 90.4 Å². The number of rotatable bonds is 14. The van der Waals surface area contributed by atoms with Crippen LogP contribution in [0.25, 0.3) is 0 Å². The lowest BCUT2D eigenvalue weighted by Crippen LogP contribution is -2.39. The summed E-state index contributed by atoms with van der Waals surface area (Å²) in [6.45, 7) is 2.26. The summed E-state index contributed by atoms with van der Waals surface area (Å²) < 4.78 is 4.29. The van der Waals surface area contributed by atoms with Gasteiger partial charge in [-0.3, -0.25) is 9.59 Å². The van der Waals surface area contributed by atoms with E-state index in [4.69, 9.17) is 0 Å². The minimum absolute atomic E-state index is 0.407. The number of allylic oxidation sites excluding steroid dienone is 1. The lowest BCUT2D eigenvalue weighted by Gasteiger charge is -2.17. The molecule has 0 unspecified atom stereocenters. The molecule has 1 rings (SSSR count). The number of cyclic esters (lactones) is 2. The number of hydrogen-bond donors (Lipinski definition) is 0. The van der Waals surface area contributed by atoms with Crippen molar-refractivity contribution in [2.24, 2.45) is 5.92 Å². The van der Waals surface area contributed by atoms with Gasteiger partial charge in [0.15, 0.2) is 5.92 Å². The zero-order valence-electron chi connectivity index (χ0n) is 14.1. The maximum atomic E-state index is 10.9. The van der Waals surface area contributed by atoms with Gasteiger partial charge in [0.1, 0.15) is 0 Å². The lowest BCUT2D eigenvalue weighted by atomic mass is 10.0. The van der Waals surface area contributed by atoms with Gasteiger partial charge in [-0.1, -0.05) is 89.7 Å². The Labute approximate surface area is 135 Å². The van der Waals surface area contributed by atoms with Gasteiger partial charge in [0.25, 0.3) is 0 Å². The minimum atomic E-state index is -0.614. The van der Waals surface area contributed by atoms with Crippen LogP contribution in [0, 0.1) is 5.92 Å². The first-order valence-corrected chi connectivity index (χ1v) is 9.18. The van der Waals surface area contributed by atoms with Crippen molar-refractivity contribution < 1.29 is 14.3 Å². The molecule has 0 N–H and O–H groups in total. The summed E-state index contributed by atoms with van der Waals surface area (Å²) in [5, 5.41) is 0. The van der Waals surface area contributed by atoms with Gasteiger partial charge in [-0.2, -0.15) is 0 Å². The van der Waals surface area contributed by atoms with E-state index >= 15 is 0 Å². The van der Waals surface area contributed by atoms with Gasteiger partial charge < -0.3 is 4.74 Å². The largest absolute Gasteiger partial charge is 0.391 e. The summed E-state index contributed by atoms with van der Waals surface area (Å²) in [5.41, 5.74) is 0. The highest BCUT2D eigenvalue weighted by Gasteiger charge is 2.39. The van der Waals surface area contributed by atoms with Crippen molar-refractivity contribution in [3.63, 3.8) is 0 Å². The van der Waals surface area contributed by atoms with E-state index in [1.807, 2.05) is 6.08 Å². The molecule has 3 nitrogen and oxygen atoms in total. The molecule has 0 saturated carbocycles. The highest BCUT2D eigenvalue weighted by Crippen LogP contribution is 2.17. The molecule has 0 aliphatic carbocycles. The summed E-state index contributed by atoms with van der Waals surface area (Å²) in [6.07, 6.45) is 20.7. The molecule has 22 heavy (non-hydrogen) atoms. The summed E-state index contributed by atoms with van der Waals surface area (Å²) in [4.78, 5) is 21.8. The van der Waals surface area contributed by atoms with Crippen LogP contribution in [0.1, 0.15) is 90.4 Å². The van der Waals surface area contributed by atoms with Gasteiger partial charge in [-0.05, 0) is 12.8 Å². The van der Waals surface area contributed by atoms with Gasteiger partial charge in [0.05, 0.1) is 0 Å². The number of carbonyl (C=O) groups is 2. The Balaban J connectivity index is 1.77. The molecule has 3 heteroatoms. The van der Waals surface area contributed by atoms with E-state index in [-0.39, 0.29) is 0 Å². The Morgan fingerprint density at radius 2 is 1.23 bits per heavy atom. The molecule has 0 aromatic heterocycles. The second-order valence-electron chi connectivity index (χ2n) is 6.32. The molecular formula is C19H32O3. The Kier molecular flexibility index (Phi) is 10.7. The van der Waals surface area contributed by atoms with Gasteiger partial charge in [-0.15, -0.1) is 0 Å². The van der Waals surface area contributed by atoms with Crippen molar-refractivity contribution in [2.75, 3.05) is 0 Å². The number of unbranched alkanes of at least 4 members (excludes halogenated alkanes) is 12. The Morgan fingerprint density at radius 3 is 1.68 bits per heavy atom. The Morgan fingerprint density at radius 1 is 0.773 bits per heavy atom. The van der Waals surface area contributed by atoms with Crippen molar-refractivity contribution >= 4 is 11.9 Å². The molecule has 0 radical (unpaired) electrons. The maximum absolute atomic E-state index is 10.9. The molecule has 0 spiro atoms. The number of esters is 2. The second kappa shape index (κ2) is 12.4. The zero-order chi connectivity index (χ0) is 16.0.